The molecule has 0 spiro atoms. The SMILES string of the molecule is C[C@@H](CC(=O)Cc1cc2c(cn1)C(c1cnn(C)c1)=NC2)C1CCCCC1. The summed E-state index contributed by atoms with van der Waals surface area (Å²) in [4.78, 5) is 21.8. The van der Waals surface area contributed by atoms with Gasteiger partial charge in [-0.25, -0.2) is 0 Å². The molecule has 2 aromatic rings. The number of hydrogen-bond acceptors (Lipinski definition) is 4. The minimum absolute atomic E-state index is 0.312. The molecule has 2 aromatic heterocycles. The van der Waals surface area contributed by atoms with E-state index in [2.05, 4.69) is 28.1 Å². The molecule has 1 aliphatic carbocycles. The van der Waals surface area contributed by atoms with Crippen molar-refractivity contribution in [2.24, 2.45) is 23.9 Å². The number of fused-ring (bicyclic) bond motifs is 1. The van der Waals surface area contributed by atoms with E-state index in [1.54, 1.807) is 4.68 Å². The quantitative estimate of drug-likeness (QED) is 0.781. The molecule has 1 saturated carbocycles. The summed E-state index contributed by atoms with van der Waals surface area (Å²) >= 11 is 0. The molecule has 0 amide bonds. The standard InChI is InChI=1S/C22H28N4O/c1-15(16-6-4-3-5-7-16)8-20(27)10-19-9-17-11-24-22(21(17)13-23-19)18-12-25-26(2)14-18/h9,12-16H,3-8,10-11H2,1-2H3/t15-/m0/s1. The van der Waals surface area contributed by atoms with E-state index in [1.807, 2.05) is 25.6 Å². The Morgan fingerprint density at radius 1 is 1.26 bits per heavy atom. The molecule has 5 heteroatoms. The number of hydrogen-bond donors (Lipinski definition) is 0. The first-order chi connectivity index (χ1) is 13.1. The van der Waals surface area contributed by atoms with Crippen LogP contribution in [-0.4, -0.2) is 26.3 Å². The molecular formula is C22H28N4O. The van der Waals surface area contributed by atoms with Gasteiger partial charge in [-0.2, -0.15) is 5.10 Å². The van der Waals surface area contributed by atoms with Crippen LogP contribution in [-0.2, 0) is 24.8 Å². The summed E-state index contributed by atoms with van der Waals surface area (Å²) in [5.41, 5.74) is 5.07. The van der Waals surface area contributed by atoms with Crippen molar-refractivity contribution < 1.29 is 4.79 Å². The molecule has 0 bridgehead atoms. The number of carbonyl (C=O) groups excluding carboxylic acids is 1. The molecular weight excluding hydrogens is 336 g/mol. The molecule has 27 heavy (non-hydrogen) atoms. The summed E-state index contributed by atoms with van der Waals surface area (Å²) in [6.07, 6.45) is 13.4. The summed E-state index contributed by atoms with van der Waals surface area (Å²) < 4.78 is 1.78. The number of aromatic nitrogens is 3. The summed E-state index contributed by atoms with van der Waals surface area (Å²) in [6, 6.07) is 2.06. The molecule has 0 saturated heterocycles. The van der Waals surface area contributed by atoms with Gasteiger partial charge in [-0.15, -0.1) is 0 Å². The van der Waals surface area contributed by atoms with Gasteiger partial charge in [0.15, 0.2) is 0 Å². The third-order valence-corrected chi connectivity index (χ3v) is 6.07. The van der Waals surface area contributed by atoms with Crippen molar-refractivity contribution in [2.75, 3.05) is 0 Å². The first-order valence-electron chi connectivity index (χ1n) is 10.1. The molecule has 1 fully saturated rings. The Hall–Kier alpha value is -2.30. The first-order valence-corrected chi connectivity index (χ1v) is 10.1. The molecule has 2 aliphatic rings. The number of Topliss-reactive ketones (excluding diaryl/α,β-unsaturated/α-hetero) is 1. The summed E-state index contributed by atoms with van der Waals surface area (Å²) in [5, 5.41) is 4.23. The van der Waals surface area contributed by atoms with E-state index < -0.39 is 0 Å². The Bertz CT molecular complexity index is 861. The van der Waals surface area contributed by atoms with Gasteiger partial charge >= 0.3 is 0 Å². The second-order valence-electron chi connectivity index (χ2n) is 8.20. The predicted octanol–water partition coefficient (Wildman–Crippen LogP) is 3.88. The molecule has 0 radical (unpaired) electrons. The van der Waals surface area contributed by atoms with Gasteiger partial charge in [-0.1, -0.05) is 39.0 Å². The van der Waals surface area contributed by atoms with Crippen molar-refractivity contribution in [3.8, 4) is 0 Å². The van der Waals surface area contributed by atoms with E-state index in [4.69, 9.17) is 0 Å². The number of rotatable bonds is 6. The minimum atomic E-state index is 0.312. The van der Waals surface area contributed by atoms with E-state index in [0.717, 1.165) is 34.0 Å². The lowest BCUT2D eigenvalue weighted by Gasteiger charge is -2.27. The van der Waals surface area contributed by atoms with Crippen LogP contribution >= 0.6 is 0 Å². The Balaban J connectivity index is 1.39. The molecule has 1 aliphatic heterocycles. The van der Waals surface area contributed by atoms with Crippen LogP contribution in [0.5, 0.6) is 0 Å². The maximum Gasteiger partial charge on any atom is 0.139 e. The molecule has 4 rings (SSSR count). The molecule has 0 unspecified atom stereocenters. The van der Waals surface area contributed by atoms with Gasteiger partial charge in [0.25, 0.3) is 0 Å². The van der Waals surface area contributed by atoms with E-state index >= 15 is 0 Å². The first kappa shape index (κ1) is 18.1. The molecule has 142 valence electrons. The Morgan fingerprint density at radius 3 is 2.81 bits per heavy atom. The van der Waals surface area contributed by atoms with Crippen molar-refractivity contribution >= 4 is 11.5 Å². The van der Waals surface area contributed by atoms with Crippen molar-refractivity contribution in [3.63, 3.8) is 0 Å². The zero-order valence-electron chi connectivity index (χ0n) is 16.3. The Labute approximate surface area is 160 Å². The molecule has 0 N–H and O–H groups in total. The summed E-state index contributed by atoms with van der Waals surface area (Å²) in [6.45, 7) is 2.90. The number of carbonyl (C=O) groups is 1. The van der Waals surface area contributed by atoms with Gasteiger partial charge in [-0.3, -0.25) is 19.5 Å². The van der Waals surface area contributed by atoms with Crippen LogP contribution in [0.4, 0.5) is 0 Å². The fourth-order valence-electron chi connectivity index (χ4n) is 4.53. The minimum Gasteiger partial charge on any atom is -0.299 e. The number of pyridine rings is 1. The van der Waals surface area contributed by atoms with Crippen LogP contribution in [0, 0.1) is 11.8 Å². The highest BCUT2D eigenvalue weighted by atomic mass is 16.1. The van der Waals surface area contributed by atoms with E-state index in [9.17, 15) is 4.79 Å². The zero-order chi connectivity index (χ0) is 18.8. The largest absolute Gasteiger partial charge is 0.299 e. The maximum atomic E-state index is 12.6. The highest BCUT2D eigenvalue weighted by molar-refractivity contribution is 6.14. The predicted molar refractivity (Wildman–Crippen MR) is 106 cm³/mol. The molecule has 1 atom stereocenters. The highest BCUT2D eigenvalue weighted by Gasteiger charge is 2.23. The van der Waals surface area contributed by atoms with Gasteiger partial charge < -0.3 is 0 Å². The van der Waals surface area contributed by atoms with Crippen LogP contribution in [0.25, 0.3) is 0 Å². The van der Waals surface area contributed by atoms with Crippen LogP contribution in [0.1, 0.15) is 67.8 Å². The molecule has 3 heterocycles. The summed E-state index contributed by atoms with van der Waals surface area (Å²) in [5.74, 6) is 1.53. The van der Waals surface area contributed by atoms with E-state index in [-0.39, 0.29) is 0 Å². The Kier molecular flexibility index (Phi) is 5.19. The summed E-state index contributed by atoms with van der Waals surface area (Å²) in [7, 11) is 1.90. The second-order valence-corrected chi connectivity index (χ2v) is 8.20. The fraction of sp³-hybridized carbons (Fsp3) is 0.545. The molecule has 5 nitrogen and oxygen atoms in total. The maximum absolute atomic E-state index is 12.6. The molecule has 0 aromatic carbocycles. The third-order valence-electron chi connectivity index (χ3n) is 6.07. The number of nitrogens with zero attached hydrogens (tertiary/aromatic N) is 4. The lowest BCUT2D eigenvalue weighted by Crippen LogP contribution is -2.19. The van der Waals surface area contributed by atoms with E-state index in [0.29, 0.717) is 31.1 Å². The number of aliphatic imine (C=N–C) groups is 1. The van der Waals surface area contributed by atoms with Gasteiger partial charge in [0.05, 0.1) is 18.5 Å². The average molecular weight is 364 g/mol. The normalized spacial score (nSPS) is 18.2. The van der Waals surface area contributed by atoms with Crippen molar-refractivity contribution in [1.29, 1.82) is 0 Å². The lowest BCUT2D eigenvalue weighted by atomic mass is 9.78. The number of ketones is 1. The Morgan fingerprint density at radius 2 is 2.07 bits per heavy atom. The average Bonchev–Trinajstić information content (AvgIpc) is 3.27. The van der Waals surface area contributed by atoms with Crippen molar-refractivity contribution in [1.82, 2.24) is 14.8 Å². The lowest BCUT2D eigenvalue weighted by molar-refractivity contribution is -0.119. The van der Waals surface area contributed by atoms with Crippen LogP contribution in [0.3, 0.4) is 0 Å². The van der Waals surface area contributed by atoms with Crippen LogP contribution in [0.2, 0.25) is 0 Å². The second kappa shape index (κ2) is 7.75. The number of aryl methyl sites for hydroxylation is 1. The van der Waals surface area contributed by atoms with Crippen LogP contribution < -0.4 is 0 Å². The fourth-order valence-corrected chi connectivity index (χ4v) is 4.53. The topological polar surface area (TPSA) is 60.1 Å². The van der Waals surface area contributed by atoms with Crippen molar-refractivity contribution in [3.05, 3.63) is 47.0 Å². The van der Waals surface area contributed by atoms with Gasteiger partial charge in [0.1, 0.15) is 5.78 Å². The zero-order valence-corrected chi connectivity index (χ0v) is 16.3. The monoisotopic (exact) mass is 364 g/mol. The van der Waals surface area contributed by atoms with Gasteiger partial charge in [-0.05, 0) is 23.5 Å². The van der Waals surface area contributed by atoms with Gasteiger partial charge in [0.2, 0.25) is 0 Å². The van der Waals surface area contributed by atoms with Crippen molar-refractivity contribution in [2.45, 2.75) is 58.4 Å². The smallest absolute Gasteiger partial charge is 0.139 e. The third kappa shape index (κ3) is 4.02. The van der Waals surface area contributed by atoms with E-state index in [1.165, 1.54) is 32.1 Å². The van der Waals surface area contributed by atoms with Gasteiger partial charge in [0, 0.05) is 49.1 Å². The highest BCUT2D eigenvalue weighted by Crippen LogP contribution is 2.32. The van der Waals surface area contributed by atoms with Crippen LogP contribution in [0.15, 0.2) is 29.6 Å².